The van der Waals surface area contributed by atoms with Crippen LogP contribution >= 0.6 is 11.8 Å². The van der Waals surface area contributed by atoms with E-state index in [4.69, 9.17) is 4.52 Å². The molecule has 0 aromatic carbocycles. The summed E-state index contributed by atoms with van der Waals surface area (Å²) in [6.07, 6.45) is 1.58. The van der Waals surface area contributed by atoms with Crippen molar-refractivity contribution in [2.24, 2.45) is 0 Å². The first kappa shape index (κ1) is 10.7. The molecule has 0 radical (unpaired) electrons. The molecule has 2 aromatic heterocycles. The number of hydrogen-bond donors (Lipinski definition) is 2. The van der Waals surface area contributed by atoms with Crippen molar-refractivity contribution in [1.82, 2.24) is 30.9 Å². The normalized spacial score (nSPS) is 24.3. The molecule has 1 aliphatic heterocycles. The number of likely N-dealkylation sites (N-methyl/N-ethyl adjacent to an activating group) is 1. The van der Waals surface area contributed by atoms with E-state index in [1.807, 2.05) is 18.8 Å². The highest BCUT2D eigenvalue weighted by Gasteiger charge is 2.32. The molecule has 1 fully saturated rings. The van der Waals surface area contributed by atoms with Crippen LogP contribution in [0.25, 0.3) is 11.5 Å². The highest BCUT2D eigenvalue weighted by Crippen LogP contribution is 2.32. The molecular formula is C9H12N6OS. The highest BCUT2D eigenvalue weighted by molar-refractivity contribution is 7.99. The molecule has 0 saturated carbocycles. The van der Waals surface area contributed by atoms with Gasteiger partial charge in [0.1, 0.15) is 0 Å². The van der Waals surface area contributed by atoms with Crippen LogP contribution in [0.4, 0.5) is 0 Å². The Morgan fingerprint density at radius 2 is 2.47 bits per heavy atom. The van der Waals surface area contributed by atoms with Gasteiger partial charge in [0.05, 0.1) is 12.1 Å². The number of H-pyrrole nitrogens is 1. The van der Waals surface area contributed by atoms with Gasteiger partial charge in [0.15, 0.2) is 5.69 Å². The van der Waals surface area contributed by atoms with E-state index in [2.05, 4.69) is 30.9 Å². The zero-order valence-electron chi connectivity index (χ0n) is 9.25. The predicted octanol–water partition coefficient (Wildman–Crippen LogP) is 0.273. The molecule has 2 N–H and O–H groups in total. The molecule has 3 rings (SSSR count). The Morgan fingerprint density at radius 3 is 3.24 bits per heavy atom. The Balaban J connectivity index is 1.85. The standard InChI is InChI=1S/C9H12N6OS/c1-10-7-4-17-3-5(7)9-12-8(14-16-9)6-2-11-15-13-6/h2,5,7,10H,3-4H2,1H3,(H,11,13,15). The fourth-order valence-electron chi connectivity index (χ4n) is 1.88. The second-order valence-electron chi connectivity index (χ2n) is 3.85. The Morgan fingerprint density at radius 1 is 1.53 bits per heavy atom. The summed E-state index contributed by atoms with van der Waals surface area (Å²) in [5.74, 6) is 3.51. The number of aromatic nitrogens is 5. The smallest absolute Gasteiger partial charge is 0.232 e. The minimum Gasteiger partial charge on any atom is -0.339 e. The van der Waals surface area contributed by atoms with E-state index in [0.29, 0.717) is 23.5 Å². The van der Waals surface area contributed by atoms with Crippen molar-refractivity contribution < 1.29 is 4.52 Å². The predicted molar refractivity (Wildman–Crippen MR) is 62.6 cm³/mol. The maximum absolute atomic E-state index is 5.31. The molecule has 17 heavy (non-hydrogen) atoms. The summed E-state index contributed by atoms with van der Waals surface area (Å²) >= 11 is 1.89. The van der Waals surface area contributed by atoms with Crippen LogP contribution in [0.15, 0.2) is 10.7 Å². The van der Waals surface area contributed by atoms with Gasteiger partial charge in [-0.2, -0.15) is 32.2 Å². The third-order valence-corrected chi connectivity index (χ3v) is 4.04. The summed E-state index contributed by atoms with van der Waals surface area (Å²) in [4.78, 5) is 4.38. The zero-order chi connectivity index (χ0) is 11.7. The van der Waals surface area contributed by atoms with Gasteiger partial charge in [-0.3, -0.25) is 0 Å². The quantitative estimate of drug-likeness (QED) is 0.810. The summed E-state index contributed by atoms with van der Waals surface area (Å²) in [5, 5.41) is 17.4. The van der Waals surface area contributed by atoms with E-state index in [-0.39, 0.29) is 5.92 Å². The average molecular weight is 252 g/mol. The van der Waals surface area contributed by atoms with Gasteiger partial charge >= 0.3 is 0 Å². The van der Waals surface area contributed by atoms with Gasteiger partial charge in [-0.1, -0.05) is 5.16 Å². The number of hydrogen-bond acceptors (Lipinski definition) is 7. The summed E-state index contributed by atoms with van der Waals surface area (Å²) in [7, 11) is 1.96. The maximum Gasteiger partial charge on any atom is 0.232 e. The largest absolute Gasteiger partial charge is 0.339 e. The SMILES string of the molecule is CNC1CSCC1c1nc(-c2cn[nH]n2)no1. The molecule has 2 unspecified atom stereocenters. The van der Waals surface area contributed by atoms with Crippen molar-refractivity contribution in [2.75, 3.05) is 18.6 Å². The van der Waals surface area contributed by atoms with E-state index < -0.39 is 0 Å². The lowest BCUT2D eigenvalue weighted by atomic mass is 10.0. The van der Waals surface area contributed by atoms with Gasteiger partial charge in [0.2, 0.25) is 11.7 Å². The average Bonchev–Trinajstić information content (AvgIpc) is 3.09. The van der Waals surface area contributed by atoms with Gasteiger partial charge in [-0.15, -0.1) is 0 Å². The Labute approximate surface area is 102 Å². The second-order valence-corrected chi connectivity index (χ2v) is 4.93. The minimum atomic E-state index is 0.276. The number of aromatic amines is 1. The van der Waals surface area contributed by atoms with Crippen LogP contribution in [-0.4, -0.2) is 50.1 Å². The van der Waals surface area contributed by atoms with E-state index in [1.54, 1.807) is 6.20 Å². The molecule has 7 nitrogen and oxygen atoms in total. The lowest BCUT2D eigenvalue weighted by Gasteiger charge is -2.12. The van der Waals surface area contributed by atoms with Crippen molar-refractivity contribution in [2.45, 2.75) is 12.0 Å². The van der Waals surface area contributed by atoms with E-state index in [9.17, 15) is 0 Å². The van der Waals surface area contributed by atoms with Gasteiger partial charge in [0.25, 0.3) is 0 Å². The van der Waals surface area contributed by atoms with E-state index in [1.165, 1.54) is 0 Å². The van der Waals surface area contributed by atoms with Crippen LogP contribution in [0.1, 0.15) is 11.8 Å². The van der Waals surface area contributed by atoms with Gasteiger partial charge in [0, 0.05) is 17.5 Å². The molecule has 0 spiro atoms. The lowest BCUT2D eigenvalue weighted by molar-refractivity contribution is 0.344. The number of nitrogens with one attached hydrogen (secondary N) is 2. The molecule has 0 bridgehead atoms. The number of rotatable bonds is 3. The maximum atomic E-state index is 5.31. The zero-order valence-corrected chi connectivity index (χ0v) is 10.1. The van der Waals surface area contributed by atoms with Crippen LogP contribution in [-0.2, 0) is 0 Å². The third-order valence-electron chi connectivity index (χ3n) is 2.85. The highest BCUT2D eigenvalue weighted by atomic mass is 32.2. The molecule has 2 atom stereocenters. The molecule has 3 heterocycles. The van der Waals surface area contributed by atoms with Crippen LogP contribution in [0.2, 0.25) is 0 Å². The first-order chi connectivity index (χ1) is 8.38. The molecule has 1 saturated heterocycles. The fraction of sp³-hybridized carbons (Fsp3) is 0.556. The van der Waals surface area contributed by atoms with Crippen molar-refractivity contribution in [3.05, 3.63) is 12.1 Å². The van der Waals surface area contributed by atoms with Crippen LogP contribution in [0.3, 0.4) is 0 Å². The summed E-state index contributed by atoms with van der Waals surface area (Å²) < 4.78 is 5.31. The molecule has 1 aliphatic rings. The minimum absolute atomic E-state index is 0.276. The third kappa shape index (κ3) is 1.93. The monoisotopic (exact) mass is 252 g/mol. The van der Waals surface area contributed by atoms with Crippen molar-refractivity contribution >= 4 is 11.8 Å². The molecule has 0 aliphatic carbocycles. The van der Waals surface area contributed by atoms with Crippen molar-refractivity contribution in [3.8, 4) is 11.5 Å². The van der Waals surface area contributed by atoms with Crippen molar-refractivity contribution in [3.63, 3.8) is 0 Å². The molecule has 90 valence electrons. The van der Waals surface area contributed by atoms with Gasteiger partial charge in [-0.05, 0) is 7.05 Å². The topological polar surface area (TPSA) is 92.5 Å². The number of thioether (sulfide) groups is 1. The Hall–Kier alpha value is -1.41. The van der Waals surface area contributed by atoms with Crippen LogP contribution in [0, 0.1) is 0 Å². The van der Waals surface area contributed by atoms with Crippen molar-refractivity contribution in [1.29, 1.82) is 0 Å². The summed E-state index contributed by atoms with van der Waals surface area (Å²) in [6, 6.07) is 0.394. The van der Waals surface area contributed by atoms with E-state index in [0.717, 1.165) is 11.5 Å². The Bertz CT molecular complexity index is 483. The van der Waals surface area contributed by atoms with Gasteiger partial charge in [-0.25, -0.2) is 0 Å². The van der Waals surface area contributed by atoms with Crippen LogP contribution < -0.4 is 5.32 Å². The first-order valence-electron chi connectivity index (χ1n) is 5.33. The first-order valence-corrected chi connectivity index (χ1v) is 6.48. The van der Waals surface area contributed by atoms with Gasteiger partial charge < -0.3 is 9.84 Å². The van der Waals surface area contributed by atoms with Crippen LogP contribution in [0.5, 0.6) is 0 Å². The summed E-state index contributed by atoms with van der Waals surface area (Å²) in [6.45, 7) is 0. The molecular weight excluding hydrogens is 240 g/mol. The number of nitrogens with zero attached hydrogens (tertiary/aromatic N) is 4. The second kappa shape index (κ2) is 4.46. The van der Waals surface area contributed by atoms with E-state index >= 15 is 0 Å². The molecule has 0 amide bonds. The molecule has 8 heteroatoms. The summed E-state index contributed by atoms with van der Waals surface area (Å²) in [5.41, 5.74) is 0.603. The molecule has 2 aromatic rings. The fourth-order valence-corrected chi connectivity index (χ4v) is 3.30. The lowest BCUT2D eigenvalue weighted by Crippen LogP contribution is -2.31. The Kier molecular flexibility index (Phi) is 2.81.